The number of ether oxygens (including phenoxy) is 1. The van der Waals surface area contributed by atoms with Crippen LogP contribution in [0.25, 0.3) is 0 Å². The summed E-state index contributed by atoms with van der Waals surface area (Å²) in [6.07, 6.45) is -3.16. The second kappa shape index (κ2) is 12.4. The first-order valence-corrected chi connectivity index (χ1v) is 14.3. The minimum atomic E-state index is -4.44. The molecule has 1 saturated heterocycles. The van der Waals surface area contributed by atoms with Crippen LogP contribution in [0.5, 0.6) is 0 Å². The maximum absolute atomic E-state index is 13.3. The van der Waals surface area contributed by atoms with Crippen LogP contribution in [0.3, 0.4) is 0 Å². The van der Waals surface area contributed by atoms with Gasteiger partial charge in [-0.2, -0.15) is 17.5 Å². The number of hydrogen-bond donors (Lipinski definition) is 0. The van der Waals surface area contributed by atoms with Crippen molar-refractivity contribution < 1.29 is 26.3 Å². The Hall–Kier alpha value is -2.72. The molecule has 0 aromatic heterocycles. The van der Waals surface area contributed by atoms with E-state index in [1.807, 2.05) is 42.5 Å². The maximum Gasteiger partial charge on any atom is 0.416 e. The van der Waals surface area contributed by atoms with Crippen molar-refractivity contribution >= 4 is 10.0 Å². The van der Waals surface area contributed by atoms with Crippen LogP contribution in [0, 0.1) is 0 Å². The number of sulfonamides is 1. The summed E-state index contributed by atoms with van der Waals surface area (Å²) < 4.78 is 73.7. The van der Waals surface area contributed by atoms with Crippen molar-refractivity contribution in [3.63, 3.8) is 0 Å². The van der Waals surface area contributed by atoms with E-state index in [0.29, 0.717) is 49.8 Å². The van der Waals surface area contributed by atoms with E-state index in [1.54, 1.807) is 18.2 Å². The minimum Gasteiger partial charge on any atom is -0.367 e. The van der Waals surface area contributed by atoms with Crippen molar-refractivity contribution in [2.45, 2.75) is 36.9 Å². The van der Waals surface area contributed by atoms with Crippen molar-refractivity contribution in [1.29, 1.82) is 0 Å². The highest BCUT2D eigenvalue weighted by Crippen LogP contribution is 2.33. The summed E-state index contributed by atoms with van der Waals surface area (Å²) >= 11 is 0. The molecular weight excluding hydrogens is 513 g/mol. The zero-order valence-electron chi connectivity index (χ0n) is 21.4. The lowest BCUT2D eigenvalue weighted by Gasteiger charge is -2.34. The highest BCUT2D eigenvalue weighted by molar-refractivity contribution is 7.89. The minimum absolute atomic E-state index is 0.293. The predicted molar refractivity (Wildman–Crippen MR) is 141 cm³/mol. The quantitative estimate of drug-likeness (QED) is 0.324. The van der Waals surface area contributed by atoms with E-state index in [9.17, 15) is 21.6 Å². The Morgan fingerprint density at radius 2 is 1.53 bits per heavy atom. The number of nitrogens with zero attached hydrogens (tertiary/aromatic N) is 2. The standard InChI is InChI=1S/C29H33F3N2O3S/c1-2-7-23-12-14-27(15-13-23)38(35,36)34-18-16-33(17-19-34)20-21-37-28(24-8-4-3-5-9-24)25-10-6-11-26(22-25)29(30,31)32/h3-6,8-15,22,28H,2,7,16-21H2,1H3/t28-/m0/s1. The molecule has 0 aliphatic carbocycles. The zero-order valence-corrected chi connectivity index (χ0v) is 22.2. The second-order valence-corrected chi connectivity index (χ2v) is 11.4. The molecule has 0 N–H and O–H groups in total. The molecule has 204 valence electrons. The lowest BCUT2D eigenvalue weighted by molar-refractivity contribution is -0.137. The summed E-state index contributed by atoms with van der Waals surface area (Å²) in [6, 6.07) is 21.5. The molecule has 1 aliphatic rings. The molecule has 3 aromatic carbocycles. The van der Waals surface area contributed by atoms with Crippen molar-refractivity contribution in [2.24, 2.45) is 0 Å². The maximum atomic E-state index is 13.3. The summed E-state index contributed by atoms with van der Waals surface area (Å²) in [4.78, 5) is 2.42. The average Bonchev–Trinajstić information content (AvgIpc) is 2.92. The average molecular weight is 547 g/mol. The van der Waals surface area contributed by atoms with E-state index >= 15 is 0 Å². The summed E-state index contributed by atoms with van der Waals surface area (Å²) in [5.41, 5.74) is 1.62. The molecule has 38 heavy (non-hydrogen) atoms. The molecule has 0 spiro atoms. The van der Waals surface area contributed by atoms with Gasteiger partial charge >= 0.3 is 6.18 Å². The third-order valence-corrected chi connectivity index (χ3v) is 8.65. The van der Waals surface area contributed by atoms with Gasteiger partial charge in [-0.25, -0.2) is 8.42 Å². The molecule has 1 fully saturated rings. The molecule has 4 rings (SSSR count). The third kappa shape index (κ3) is 7.02. The molecule has 5 nitrogen and oxygen atoms in total. The number of piperazine rings is 1. The first-order chi connectivity index (χ1) is 18.2. The number of halogens is 3. The van der Waals surface area contributed by atoms with Gasteiger partial charge in [0.1, 0.15) is 6.10 Å². The van der Waals surface area contributed by atoms with Crippen LogP contribution in [0.4, 0.5) is 13.2 Å². The Balaban J connectivity index is 1.35. The van der Waals surface area contributed by atoms with Gasteiger partial charge in [0.05, 0.1) is 17.1 Å². The molecule has 0 unspecified atom stereocenters. The highest BCUT2D eigenvalue weighted by Gasteiger charge is 2.32. The highest BCUT2D eigenvalue weighted by atomic mass is 32.2. The largest absolute Gasteiger partial charge is 0.416 e. The van der Waals surface area contributed by atoms with Gasteiger partial charge in [0, 0.05) is 32.7 Å². The van der Waals surface area contributed by atoms with E-state index < -0.39 is 27.9 Å². The molecule has 1 heterocycles. The van der Waals surface area contributed by atoms with E-state index in [0.717, 1.165) is 36.1 Å². The van der Waals surface area contributed by atoms with Gasteiger partial charge in [0.25, 0.3) is 0 Å². The van der Waals surface area contributed by atoms with Crippen molar-refractivity contribution in [3.05, 3.63) is 101 Å². The molecule has 1 atom stereocenters. The fourth-order valence-corrected chi connectivity index (χ4v) is 6.07. The Labute approximate surface area is 222 Å². The Kier molecular flexibility index (Phi) is 9.25. The van der Waals surface area contributed by atoms with E-state index in [2.05, 4.69) is 11.8 Å². The van der Waals surface area contributed by atoms with E-state index in [-0.39, 0.29) is 0 Å². The van der Waals surface area contributed by atoms with Gasteiger partial charge in [-0.1, -0.05) is 67.9 Å². The molecule has 0 saturated carbocycles. The molecule has 1 aliphatic heterocycles. The Morgan fingerprint density at radius 3 is 2.16 bits per heavy atom. The van der Waals surface area contributed by atoms with Crippen molar-refractivity contribution in [2.75, 3.05) is 39.3 Å². The number of alkyl halides is 3. The first-order valence-electron chi connectivity index (χ1n) is 12.8. The van der Waals surface area contributed by atoms with Crippen molar-refractivity contribution in [1.82, 2.24) is 9.21 Å². The SMILES string of the molecule is CCCc1ccc(S(=O)(=O)N2CCN(CCO[C@@H](c3ccccc3)c3cccc(C(F)(F)F)c3)CC2)cc1. The molecule has 0 amide bonds. The fourth-order valence-electron chi connectivity index (χ4n) is 4.65. The monoisotopic (exact) mass is 546 g/mol. The van der Waals surface area contributed by atoms with Crippen LogP contribution in [-0.2, 0) is 27.4 Å². The Bertz CT molecular complexity index is 1270. The van der Waals surface area contributed by atoms with Crippen LogP contribution >= 0.6 is 0 Å². The summed E-state index contributed by atoms with van der Waals surface area (Å²) in [5, 5.41) is 0. The topological polar surface area (TPSA) is 49.9 Å². The van der Waals surface area contributed by atoms with Crippen LogP contribution in [0.1, 0.15) is 41.7 Å². The summed E-state index contributed by atoms with van der Waals surface area (Å²) in [6.45, 7) is 4.77. The number of benzene rings is 3. The van der Waals surface area contributed by atoms with Gasteiger partial charge in [-0.3, -0.25) is 4.90 Å². The van der Waals surface area contributed by atoms with Gasteiger partial charge in [0.15, 0.2) is 0 Å². The van der Waals surface area contributed by atoms with Crippen LogP contribution in [0.15, 0.2) is 83.8 Å². The molecule has 3 aromatic rings. The zero-order chi connectivity index (χ0) is 27.2. The van der Waals surface area contributed by atoms with Crippen LogP contribution in [-0.4, -0.2) is 57.0 Å². The van der Waals surface area contributed by atoms with Crippen molar-refractivity contribution in [3.8, 4) is 0 Å². The lowest BCUT2D eigenvalue weighted by atomic mass is 9.99. The van der Waals surface area contributed by atoms with E-state index in [1.165, 1.54) is 10.4 Å². The normalized spacial score (nSPS) is 16.4. The number of aryl methyl sites for hydroxylation is 1. The van der Waals surface area contributed by atoms with Crippen LogP contribution in [0.2, 0.25) is 0 Å². The summed E-state index contributed by atoms with van der Waals surface area (Å²) in [7, 11) is -3.56. The second-order valence-electron chi connectivity index (χ2n) is 9.42. The number of rotatable bonds is 10. The smallest absolute Gasteiger partial charge is 0.367 e. The molecule has 0 radical (unpaired) electrons. The molecule has 9 heteroatoms. The molecule has 0 bridgehead atoms. The molecular formula is C29H33F3N2O3S. The third-order valence-electron chi connectivity index (χ3n) is 6.74. The predicted octanol–water partition coefficient (Wildman–Crippen LogP) is 5.77. The van der Waals surface area contributed by atoms with Gasteiger partial charge in [0.2, 0.25) is 10.0 Å². The number of hydrogen-bond acceptors (Lipinski definition) is 4. The van der Waals surface area contributed by atoms with Gasteiger partial charge in [-0.15, -0.1) is 0 Å². The fraction of sp³-hybridized carbons (Fsp3) is 0.379. The lowest BCUT2D eigenvalue weighted by Crippen LogP contribution is -2.49. The first kappa shape index (κ1) is 28.3. The van der Waals surface area contributed by atoms with Gasteiger partial charge < -0.3 is 4.74 Å². The summed E-state index contributed by atoms with van der Waals surface area (Å²) in [5.74, 6) is 0. The van der Waals surface area contributed by atoms with Gasteiger partial charge in [-0.05, 0) is 47.4 Å². The Morgan fingerprint density at radius 1 is 0.868 bits per heavy atom. The van der Waals surface area contributed by atoms with Crippen LogP contribution < -0.4 is 0 Å². The van der Waals surface area contributed by atoms with E-state index in [4.69, 9.17) is 4.74 Å².